The van der Waals surface area contributed by atoms with E-state index in [1.807, 2.05) is 0 Å². The van der Waals surface area contributed by atoms with Crippen LogP contribution in [0.2, 0.25) is 0 Å². The molecule has 0 aromatic heterocycles. The summed E-state index contributed by atoms with van der Waals surface area (Å²) in [5, 5.41) is 6.37. The zero-order valence-electron chi connectivity index (χ0n) is 10.9. The molecule has 1 amide bonds. The van der Waals surface area contributed by atoms with Gasteiger partial charge in [-0.3, -0.25) is 4.79 Å². The zero-order chi connectivity index (χ0) is 12.3. The van der Waals surface area contributed by atoms with Crippen LogP contribution in [0.1, 0.15) is 26.7 Å². The van der Waals surface area contributed by atoms with Crippen LogP contribution in [-0.2, 0) is 9.53 Å². The van der Waals surface area contributed by atoms with Gasteiger partial charge in [-0.2, -0.15) is 0 Å². The number of rotatable bonds is 4. The third-order valence-electron chi connectivity index (χ3n) is 4.14. The van der Waals surface area contributed by atoms with Gasteiger partial charge in [0, 0.05) is 25.6 Å². The molecule has 2 rings (SSSR count). The summed E-state index contributed by atoms with van der Waals surface area (Å²) in [4.78, 5) is 12.0. The van der Waals surface area contributed by atoms with E-state index in [2.05, 4.69) is 24.5 Å². The lowest BCUT2D eigenvalue weighted by molar-refractivity contribution is -0.125. The summed E-state index contributed by atoms with van der Waals surface area (Å²) in [6, 6.07) is 0. The lowest BCUT2D eigenvalue weighted by atomic mass is 9.96. The van der Waals surface area contributed by atoms with Crippen LogP contribution >= 0.6 is 0 Å². The van der Waals surface area contributed by atoms with E-state index in [-0.39, 0.29) is 11.8 Å². The van der Waals surface area contributed by atoms with Crippen LogP contribution in [0.3, 0.4) is 0 Å². The molecule has 2 aliphatic heterocycles. The summed E-state index contributed by atoms with van der Waals surface area (Å²) in [5.74, 6) is 1.33. The lowest BCUT2D eigenvalue weighted by Crippen LogP contribution is -2.38. The maximum Gasteiger partial charge on any atom is 0.224 e. The fourth-order valence-corrected chi connectivity index (χ4v) is 2.90. The van der Waals surface area contributed by atoms with E-state index >= 15 is 0 Å². The molecule has 17 heavy (non-hydrogen) atoms. The summed E-state index contributed by atoms with van der Waals surface area (Å²) < 4.78 is 5.63. The molecule has 0 aromatic rings. The second-order valence-corrected chi connectivity index (χ2v) is 5.35. The van der Waals surface area contributed by atoms with Crippen molar-refractivity contribution in [2.24, 2.45) is 17.8 Å². The molecular formula is C13H24N2O2. The van der Waals surface area contributed by atoms with Crippen molar-refractivity contribution in [1.82, 2.24) is 10.6 Å². The minimum Gasteiger partial charge on any atom is -0.378 e. The Morgan fingerprint density at radius 1 is 1.47 bits per heavy atom. The SMILES string of the molecule is CCC1OCCC1CNC(=O)[C@@H]1CNC[C@H]1C. The maximum atomic E-state index is 12.0. The Morgan fingerprint density at radius 3 is 2.94 bits per heavy atom. The molecule has 0 spiro atoms. The fourth-order valence-electron chi connectivity index (χ4n) is 2.90. The summed E-state index contributed by atoms with van der Waals surface area (Å²) in [5.41, 5.74) is 0. The fraction of sp³-hybridized carbons (Fsp3) is 0.923. The predicted octanol–water partition coefficient (Wildman–Crippen LogP) is 0.773. The highest BCUT2D eigenvalue weighted by Crippen LogP contribution is 2.23. The Bertz CT molecular complexity index is 270. The molecule has 2 heterocycles. The van der Waals surface area contributed by atoms with Gasteiger partial charge in [0.15, 0.2) is 0 Å². The highest BCUT2D eigenvalue weighted by molar-refractivity contribution is 5.79. The summed E-state index contributed by atoms with van der Waals surface area (Å²) in [7, 11) is 0. The van der Waals surface area contributed by atoms with Crippen LogP contribution in [-0.4, -0.2) is 38.3 Å². The molecule has 0 aliphatic carbocycles. The monoisotopic (exact) mass is 240 g/mol. The second-order valence-electron chi connectivity index (χ2n) is 5.35. The minimum absolute atomic E-state index is 0.150. The molecule has 0 aromatic carbocycles. The first kappa shape index (κ1) is 12.8. The number of hydrogen-bond donors (Lipinski definition) is 2. The molecule has 0 bridgehead atoms. The van der Waals surface area contributed by atoms with Crippen molar-refractivity contribution in [3.63, 3.8) is 0 Å². The van der Waals surface area contributed by atoms with Gasteiger partial charge in [-0.15, -0.1) is 0 Å². The number of amides is 1. The Labute approximate surface area is 103 Å². The van der Waals surface area contributed by atoms with Gasteiger partial charge in [0.2, 0.25) is 5.91 Å². The van der Waals surface area contributed by atoms with Crippen molar-refractivity contribution >= 4 is 5.91 Å². The van der Waals surface area contributed by atoms with Crippen molar-refractivity contribution in [2.75, 3.05) is 26.2 Å². The van der Waals surface area contributed by atoms with Crippen molar-refractivity contribution < 1.29 is 9.53 Å². The van der Waals surface area contributed by atoms with Crippen molar-refractivity contribution in [2.45, 2.75) is 32.8 Å². The lowest BCUT2D eigenvalue weighted by Gasteiger charge is -2.19. The van der Waals surface area contributed by atoms with Crippen LogP contribution in [0.5, 0.6) is 0 Å². The van der Waals surface area contributed by atoms with E-state index in [4.69, 9.17) is 4.74 Å². The summed E-state index contributed by atoms with van der Waals surface area (Å²) in [6.07, 6.45) is 2.47. The van der Waals surface area contributed by atoms with Gasteiger partial charge in [0.25, 0.3) is 0 Å². The smallest absolute Gasteiger partial charge is 0.224 e. The van der Waals surface area contributed by atoms with Gasteiger partial charge >= 0.3 is 0 Å². The Morgan fingerprint density at radius 2 is 2.29 bits per heavy atom. The van der Waals surface area contributed by atoms with Gasteiger partial charge in [-0.05, 0) is 25.3 Å². The molecule has 2 unspecified atom stereocenters. The zero-order valence-corrected chi connectivity index (χ0v) is 10.9. The number of nitrogens with one attached hydrogen (secondary N) is 2. The molecule has 0 saturated carbocycles. The molecule has 4 heteroatoms. The highest BCUT2D eigenvalue weighted by atomic mass is 16.5. The van der Waals surface area contributed by atoms with Crippen LogP contribution < -0.4 is 10.6 Å². The average molecular weight is 240 g/mol. The molecule has 4 nitrogen and oxygen atoms in total. The summed E-state index contributed by atoms with van der Waals surface area (Å²) in [6.45, 7) is 7.69. The van der Waals surface area contributed by atoms with Gasteiger partial charge in [0.1, 0.15) is 0 Å². The van der Waals surface area contributed by atoms with Crippen molar-refractivity contribution in [1.29, 1.82) is 0 Å². The van der Waals surface area contributed by atoms with Crippen molar-refractivity contribution in [3.05, 3.63) is 0 Å². The maximum absolute atomic E-state index is 12.0. The van der Waals surface area contributed by atoms with Gasteiger partial charge in [-0.1, -0.05) is 13.8 Å². The molecule has 2 saturated heterocycles. The highest BCUT2D eigenvalue weighted by Gasteiger charge is 2.31. The normalized spacial score (nSPS) is 37.3. The molecule has 2 fully saturated rings. The minimum atomic E-state index is 0.150. The van der Waals surface area contributed by atoms with Crippen LogP contribution in [0, 0.1) is 17.8 Å². The van der Waals surface area contributed by atoms with Crippen LogP contribution in [0.4, 0.5) is 0 Å². The number of carbonyl (C=O) groups excluding carboxylic acids is 1. The van der Waals surface area contributed by atoms with E-state index in [1.54, 1.807) is 0 Å². The number of ether oxygens (including phenoxy) is 1. The topological polar surface area (TPSA) is 50.4 Å². The molecular weight excluding hydrogens is 216 g/mol. The third-order valence-corrected chi connectivity index (χ3v) is 4.14. The molecule has 2 N–H and O–H groups in total. The Balaban J connectivity index is 1.76. The first-order chi connectivity index (χ1) is 8.22. The number of hydrogen-bond acceptors (Lipinski definition) is 3. The second kappa shape index (κ2) is 5.83. The first-order valence-corrected chi connectivity index (χ1v) is 6.82. The van der Waals surface area contributed by atoms with Crippen LogP contribution in [0.15, 0.2) is 0 Å². The van der Waals surface area contributed by atoms with E-state index in [1.165, 1.54) is 0 Å². The molecule has 98 valence electrons. The number of carbonyl (C=O) groups is 1. The quantitative estimate of drug-likeness (QED) is 0.763. The van der Waals surface area contributed by atoms with Gasteiger partial charge in [-0.25, -0.2) is 0 Å². The first-order valence-electron chi connectivity index (χ1n) is 6.82. The van der Waals surface area contributed by atoms with E-state index < -0.39 is 0 Å². The van der Waals surface area contributed by atoms with E-state index in [0.717, 1.165) is 39.1 Å². The van der Waals surface area contributed by atoms with Gasteiger partial charge < -0.3 is 15.4 Å². The summed E-state index contributed by atoms with van der Waals surface area (Å²) >= 11 is 0. The standard InChI is InChI=1S/C13H24N2O2/c1-3-12-10(4-5-17-12)7-15-13(16)11-8-14-6-9(11)2/h9-12,14H,3-8H2,1-2H3,(H,15,16)/t9-,10?,11-,12?/m1/s1. The predicted molar refractivity (Wildman–Crippen MR) is 66.7 cm³/mol. The Hall–Kier alpha value is -0.610. The Kier molecular flexibility index (Phi) is 4.40. The van der Waals surface area contributed by atoms with E-state index in [9.17, 15) is 4.79 Å². The van der Waals surface area contributed by atoms with Crippen LogP contribution in [0.25, 0.3) is 0 Å². The molecule has 0 radical (unpaired) electrons. The molecule has 2 aliphatic rings. The molecule has 4 atom stereocenters. The largest absolute Gasteiger partial charge is 0.378 e. The van der Waals surface area contributed by atoms with E-state index in [0.29, 0.717) is 17.9 Å². The van der Waals surface area contributed by atoms with Gasteiger partial charge in [0.05, 0.1) is 12.0 Å². The third kappa shape index (κ3) is 2.99. The van der Waals surface area contributed by atoms with Crippen molar-refractivity contribution in [3.8, 4) is 0 Å². The average Bonchev–Trinajstić information content (AvgIpc) is 2.94.